The van der Waals surface area contributed by atoms with E-state index in [0.29, 0.717) is 32.7 Å². The van der Waals surface area contributed by atoms with Crippen molar-refractivity contribution in [1.82, 2.24) is 20.1 Å². The van der Waals surface area contributed by atoms with Crippen LogP contribution in [0.4, 0.5) is 4.79 Å². The molecule has 1 aliphatic rings. The third-order valence-electron chi connectivity index (χ3n) is 3.31. The van der Waals surface area contributed by atoms with Crippen LogP contribution in [0.25, 0.3) is 6.08 Å². The predicted octanol–water partition coefficient (Wildman–Crippen LogP) is 0.968. The highest BCUT2D eigenvalue weighted by Crippen LogP contribution is 2.05. The minimum atomic E-state index is -0.0597. The Bertz CT molecular complexity index is 508. The minimum absolute atomic E-state index is 0.0330. The lowest BCUT2D eigenvalue weighted by molar-refractivity contribution is -0.127. The summed E-state index contributed by atoms with van der Waals surface area (Å²) in [6.07, 6.45) is 6.71. The summed E-state index contributed by atoms with van der Waals surface area (Å²) in [6, 6.07) is 3.66. The molecule has 1 saturated heterocycles. The van der Waals surface area contributed by atoms with Crippen LogP contribution in [-0.4, -0.2) is 59.4 Å². The summed E-state index contributed by atoms with van der Waals surface area (Å²) in [6.45, 7) is 4.77. The monoisotopic (exact) mass is 288 g/mol. The van der Waals surface area contributed by atoms with Crippen molar-refractivity contribution in [1.29, 1.82) is 0 Å². The maximum absolute atomic E-state index is 12.1. The van der Waals surface area contributed by atoms with Crippen LogP contribution in [0, 0.1) is 0 Å². The molecule has 21 heavy (non-hydrogen) atoms. The Morgan fingerprint density at radius 3 is 2.62 bits per heavy atom. The van der Waals surface area contributed by atoms with Gasteiger partial charge in [0.25, 0.3) is 0 Å². The number of pyridine rings is 1. The number of aromatic nitrogens is 1. The van der Waals surface area contributed by atoms with Crippen molar-refractivity contribution in [3.05, 3.63) is 36.2 Å². The number of nitrogens with zero attached hydrogens (tertiary/aromatic N) is 3. The van der Waals surface area contributed by atoms with Gasteiger partial charge in [0.15, 0.2) is 0 Å². The van der Waals surface area contributed by atoms with Gasteiger partial charge in [-0.25, -0.2) is 4.79 Å². The second-order valence-electron chi connectivity index (χ2n) is 4.77. The molecule has 0 atom stereocenters. The van der Waals surface area contributed by atoms with Crippen molar-refractivity contribution in [2.75, 3.05) is 32.7 Å². The second-order valence-corrected chi connectivity index (χ2v) is 4.77. The van der Waals surface area contributed by atoms with E-state index in [1.54, 1.807) is 34.3 Å². The standard InChI is InChI=1S/C15H20N4O2/c1-2-17-15(21)19-10-8-18(9-11-19)14(20)6-5-13-4-3-7-16-12-13/h3-7,12H,2,8-11H2,1H3,(H,17,21). The average molecular weight is 288 g/mol. The Labute approximate surface area is 124 Å². The van der Waals surface area contributed by atoms with Gasteiger partial charge in [-0.15, -0.1) is 0 Å². The summed E-state index contributed by atoms with van der Waals surface area (Å²) in [5.41, 5.74) is 0.895. The van der Waals surface area contributed by atoms with E-state index in [0.717, 1.165) is 5.56 Å². The minimum Gasteiger partial charge on any atom is -0.338 e. The zero-order chi connectivity index (χ0) is 15.1. The van der Waals surface area contributed by atoms with Crippen LogP contribution in [-0.2, 0) is 4.79 Å². The maximum Gasteiger partial charge on any atom is 0.317 e. The molecule has 1 N–H and O–H groups in total. The fourth-order valence-electron chi connectivity index (χ4n) is 2.14. The van der Waals surface area contributed by atoms with Gasteiger partial charge in [-0.2, -0.15) is 0 Å². The van der Waals surface area contributed by atoms with Gasteiger partial charge in [0.2, 0.25) is 5.91 Å². The molecule has 0 aromatic carbocycles. The number of amides is 3. The maximum atomic E-state index is 12.1. The molecule has 0 spiro atoms. The molecule has 3 amide bonds. The van der Waals surface area contributed by atoms with E-state index >= 15 is 0 Å². The van der Waals surface area contributed by atoms with E-state index in [-0.39, 0.29) is 11.9 Å². The third-order valence-corrected chi connectivity index (χ3v) is 3.31. The van der Waals surface area contributed by atoms with Gasteiger partial charge in [0.1, 0.15) is 0 Å². The van der Waals surface area contributed by atoms with E-state index in [1.807, 2.05) is 19.1 Å². The van der Waals surface area contributed by atoms with Gasteiger partial charge in [-0.1, -0.05) is 6.07 Å². The van der Waals surface area contributed by atoms with Gasteiger partial charge in [0.05, 0.1) is 0 Å². The number of nitrogens with one attached hydrogen (secondary N) is 1. The summed E-state index contributed by atoms with van der Waals surface area (Å²) >= 11 is 0. The molecular formula is C15H20N4O2. The topological polar surface area (TPSA) is 65.5 Å². The predicted molar refractivity (Wildman–Crippen MR) is 80.5 cm³/mol. The first-order chi connectivity index (χ1) is 10.2. The molecule has 0 radical (unpaired) electrons. The molecule has 2 heterocycles. The fraction of sp³-hybridized carbons (Fsp3) is 0.400. The number of hydrogen-bond acceptors (Lipinski definition) is 3. The summed E-state index contributed by atoms with van der Waals surface area (Å²) < 4.78 is 0. The van der Waals surface area contributed by atoms with Crippen molar-refractivity contribution in [3.63, 3.8) is 0 Å². The van der Waals surface area contributed by atoms with Gasteiger partial charge < -0.3 is 15.1 Å². The first-order valence-electron chi connectivity index (χ1n) is 7.10. The van der Waals surface area contributed by atoms with E-state index in [2.05, 4.69) is 10.3 Å². The van der Waals surface area contributed by atoms with Crippen LogP contribution in [0.1, 0.15) is 12.5 Å². The largest absolute Gasteiger partial charge is 0.338 e. The SMILES string of the molecule is CCNC(=O)N1CCN(C(=O)C=Cc2cccnc2)CC1. The summed E-state index contributed by atoms with van der Waals surface area (Å²) in [4.78, 5) is 31.2. The molecule has 0 aliphatic carbocycles. The molecule has 1 aromatic rings. The first-order valence-corrected chi connectivity index (χ1v) is 7.10. The van der Waals surface area contributed by atoms with Gasteiger partial charge >= 0.3 is 6.03 Å². The quantitative estimate of drug-likeness (QED) is 0.843. The van der Waals surface area contributed by atoms with Crippen LogP contribution in [0.5, 0.6) is 0 Å². The highest BCUT2D eigenvalue weighted by molar-refractivity contribution is 5.91. The third kappa shape index (κ3) is 4.30. The molecule has 112 valence electrons. The fourth-order valence-corrected chi connectivity index (χ4v) is 2.14. The Balaban J connectivity index is 1.83. The molecule has 0 bridgehead atoms. The van der Waals surface area contributed by atoms with Crippen molar-refractivity contribution < 1.29 is 9.59 Å². The van der Waals surface area contributed by atoms with E-state index in [4.69, 9.17) is 0 Å². The smallest absolute Gasteiger partial charge is 0.317 e. The van der Waals surface area contributed by atoms with Crippen LogP contribution in [0.3, 0.4) is 0 Å². The number of hydrogen-bond donors (Lipinski definition) is 1. The number of urea groups is 1. The number of rotatable bonds is 3. The van der Waals surface area contributed by atoms with E-state index in [1.165, 1.54) is 0 Å². The second kappa shape index (κ2) is 7.42. The first kappa shape index (κ1) is 15.0. The molecule has 6 heteroatoms. The van der Waals surface area contributed by atoms with Crippen LogP contribution in [0.15, 0.2) is 30.6 Å². The molecule has 0 unspecified atom stereocenters. The average Bonchev–Trinajstić information content (AvgIpc) is 2.54. The molecule has 1 aromatic heterocycles. The van der Waals surface area contributed by atoms with E-state index < -0.39 is 0 Å². The normalized spacial score (nSPS) is 15.3. The number of carbonyl (C=O) groups excluding carboxylic acids is 2. The van der Waals surface area contributed by atoms with Crippen LogP contribution < -0.4 is 5.32 Å². The lowest BCUT2D eigenvalue weighted by Crippen LogP contribution is -2.52. The van der Waals surface area contributed by atoms with Crippen molar-refractivity contribution in [2.45, 2.75) is 6.92 Å². The molecule has 6 nitrogen and oxygen atoms in total. The lowest BCUT2D eigenvalue weighted by Gasteiger charge is -2.34. The number of carbonyl (C=O) groups is 2. The van der Waals surface area contributed by atoms with Gasteiger partial charge in [-0.3, -0.25) is 9.78 Å². The zero-order valence-electron chi connectivity index (χ0n) is 12.2. The summed E-state index contributed by atoms with van der Waals surface area (Å²) in [7, 11) is 0. The highest BCUT2D eigenvalue weighted by atomic mass is 16.2. The van der Waals surface area contributed by atoms with Gasteiger partial charge in [0, 0.05) is 51.2 Å². The lowest BCUT2D eigenvalue weighted by atomic mass is 10.2. The Morgan fingerprint density at radius 2 is 2.00 bits per heavy atom. The van der Waals surface area contributed by atoms with Crippen molar-refractivity contribution in [2.24, 2.45) is 0 Å². The molecule has 1 fully saturated rings. The molecule has 1 aliphatic heterocycles. The van der Waals surface area contributed by atoms with Crippen LogP contribution in [0.2, 0.25) is 0 Å². The Kier molecular flexibility index (Phi) is 5.31. The van der Waals surface area contributed by atoms with Crippen LogP contribution >= 0.6 is 0 Å². The van der Waals surface area contributed by atoms with E-state index in [9.17, 15) is 9.59 Å². The number of piperazine rings is 1. The van der Waals surface area contributed by atoms with Crippen molar-refractivity contribution >= 4 is 18.0 Å². The molecule has 2 rings (SSSR count). The Hall–Kier alpha value is -2.37. The Morgan fingerprint density at radius 1 is 1.29 bits per heavy atom. The van der Waals surface area contributed by atoms with Gasteiger partial charge in [-0.05, 0) is 24.6 Å². The molecular weight excluding hydrogens is 268 g/mol. The summed E-state index contributed by atoms with van der Waals surface area (Å²) in [5.74, 6) is -0.0330. The zero-order valence-corrected chi connectivity index (χ0v) is 12.2. The highest BCUT2D eigenvalue weighted by Gasteiger charge is 2.22. The summed E-state index contributed by atoms with van der Waals surface area (Å²) in [5, 5.41) is 2.77. The molecule has 0 saturated carbocycles. The van der Waals surface area contributed by atoms with Crippen molar-refractivity contribution in [3.8, 4) is 0 Å².